The van der Waals surface area contributed by atoms with E-state index in [-0.39, 0.29) is 23.3 Å². The summed E-state index contributed by atoms with van der Waals surface area (Å²) in [4.78, 5) is 4.21. The van der Waals surface area contributed by atoms with E-state index in [1.165, 1.54) is 13.3 Å². The third kappa shape index (κ3) is 4.06. The maximum atomic E-state index is 12.7. The molecule has 1 aliphatic rings. The smallest absolute Gasteiger partial charge is 0.244 e. The summed E-state index contributed by atoms with van der Waals surface area (Å²) in [6.07, 6.45) is 3.17. The average molecular weight is 336 g/mol. The van der Waals surface area contributed by atoms with Gasteiger partial charge >= 0.3 is 0 Å². The van der Waals surface area contributed by atoms with Crippen LogP contribution in [0.4, 0.5) is 0 Å². The quantitative estimate of drug-likeness (QED) is 0.877. The number of ether oxygens (including phenoxy) is 1. The minimum Gasteiger partial charge on any atom is -0.481 e. The van der Waals surface area contributed by atoms with Crippen LogP contribution in [0.3, 0.4) is 0 Å². The summed E-state index contributed by atoms with van der Waals surface area (Å²) < 4.78 is 31.9. The molecule has 0 spiro atoms. The number of hydrogen-bond donors (Lipinski definition) is 1. The standard InChI is InChI=1S/C13H21N3O3S.ClH/c1-3-4-11-9-14-7-8-16(11)20(17,18)12-5-6-13(19-2)15-10-12;/h5-6,10-11,14H,3-4,7-9H2,1-2H3;1H. The Bertz CT molecular complexity index is 534. The molecule has 1 atom stereocenters. The van der Waals surface area contributed by atoms with Gasteiger partial charge in [0.25, 0.3) is 0 Å². The van der Waals surface area contributed by atoms with Crippen LogP contribution in [0.1, 0.15) is 19.8 Å². The van der Waals surface area contributed by atoms with E-state index in [0.29, 0.717) is 25.5 Å². The van der Waals surface area contributed by atoms with Gasteiger partial charge in [-0.25, -0.2) is 13.4 Å². The highest BCUT2D eigenvalue weighted by molar-refractivity contribution is 7.89. The van der Waals surface area contributed by atoms with Crippen LogP contribution in [-0.4, -0.2) is 50.5 Å². The van der Waals surface area contributed by atoms with Gasteiger partial charge in [0.05, 0.1) is 13.3 Å². The molecule has 2 rings (SSSR count). The fourth-order valence-electron chi connectivity index (χ4n) is 2.41. The molecule has 0 radical (unpaired) electrons. The van der Waals surface area contributed by atoms with Crippen LogP contribution in [0, 0.1) is 0 Å². The van der Waals surface area contributed by atoms with Crippen molar-refractivity contribution >= 4 is 22.4 Å². The Balaban J connectivity index is 0.00000220. The molecule has 1 unspecified atom stereocenters. The molecular weight excluding hydrogens is 314 g/mol. The van der Waals surface area contributed by atoms with Crippen molar-refractivity contribution in [2.45, 2.75) is 30.7 Å². The first-order valence-electron chi connectivity index (χ1n) is 6.82. The largest absolute Gasteiger partial charge is 0.481 e. The number of piperazine rings is 1. The summed E-state index contributed by atoms with van der Waals surface area (Å²) >= 11 is 0. The monoisotopic (exact) mass is 335 g/mol. The molecule has 1 aromatic heterocycles. The Labute approximate surface area is 132 Å². The Hall–Kier alpha value is -0.890. The van der Waals surface area contributed by atoms with Crippen molar-refractivity contribution in [2.75, 3.05) is 26.7 Å². The first-order chi connectivity index (χ1) is 9.59. The van der Waals surface area contributed by atoms with Crippen LogP contribution in [0.15, 0.2) is 23.2 Å². The van der Waals surface area contributed by atoms with E-state index in [1.54, 1.807) is 16.4 Å². The van der Waals surface area contributed by atoms with Gasteiger partial charge < -0.3 is 10.1 Å². The molecule has 0 aromatic carbocycles. The van der Waals surface area contributed by atoms with Crippen LogP contribution in [0.25, 0.3) is 0 Å². The summed E-state index contributed by atoms with van der Waals surface area (Å²) in [5, 5.41) is 3.25. The minimum absolute atomic E-state index is 0. The molecule has 1 N–H and O–H groups in total. The zero-order valence-corrected chi connectivity index (χ0v) is 13.9. The van der Waals surface area contributed by atoms with Gasteiger partial charge in [0.1, 0.15) is 4.90 Å². The van der Waals surface area contributed by atoms with Crippen LogP contribution >= 0.6 is 12.4 Å². The van der Waals surface area contributed by atoms with Gasteiger partial charge in [-0.3, -0.25) is 0 Å². The zero-order valence-electron chi connectivity index (χ0n) is 12.3. The summed E-state index contributed by atoms with van der Waals surface area (Å²) in [6, 6.07) is 3.14. The summed E-state index contributed by atoms with van der Waals surface area (Å²) in [5.74, 6) is 0.411. The molecule has 0 aliphatic carbocycles. The van der Waals surface area contributed by atoms with Crippen LogP contribution in [0.5, 0.6) is 5.88 Å². The number of halogens is 1. The molecule has 1 saturated heterocycles. The Morgan fingerprint density at radius 2 is 2.24 bits per heavy atom. The number of hydrogen-bond acceptors (Lipinski definition) is 5. The molecular formula is C13H22ClN3O3S. The van der Waals surface area contributed by atoms with Crippen LogP contribution < -0.4 is 10.1 Å². The van der Waals surface area contributed by atoms with E-state index in [2.05, 4.69) is 17.2 Å². The van der Waals surface area contributed by atoms with Gasteiger partial charge in [-0.05, 0) is 12.5 Å². The molecule has 1 aromatic rings. The number of nitrogens with zero attached hydrogens (tertiary/aromatic N) is 2. The number of pyridine rings is 1. The second-order valence-corrected chi connectivity index (χ2v) is 6.69. The minimum atomic E-state index is -3.48. The van der Waals surface area contributed by atoms with E-state index in [0.717, 1.165) is 12.8 Å². The lowest BCUT2D eigenvalue weighted by atomic mass is 10.1. The van der Waals surface area contributed by atoms with Crippen LogP contribution in [-0.2, 0) is 10.0 Å². The van der Waals surface area contributed by atoms with E-state index in [1.807, 2.05) is 0 Å². The highest BCUT2D eigenvalue weighted by Gasteiger charge is 2.33. The number of methoxy groups -OCH3 is 1. The highest BCUT2D eigenvalue weighted by Crippen LogP contribution is 2.22. The number of aromatic nitrogens is 1. The van der Waals surface area contributed by atoms with Crippen LogP contribution in [0.2, 0.25) is 0 Å². The predicted molar refractivity (Wildman–Crippen MR) is 83.5 cm³/mol. The lowest BCUT2D eigenvalue weighted by molar-refractivity contribution is 0.254. The summed E-state index contributed by atoms with van der Waals surface area (Å²) in [5.41, 5.74) is 0. The number of nitrogens with one attached hydrogen (secondary N) is 1. The fourth-order valence-corrected chi connectivity index (χ4v) is 4.01. The molecule has 1 aliphatic heterocycles. The molecule has 21 heavy (non-hydrogen) atoms. The Morgan fingerprint density at radius 3 is 2.81 bits per heavy atom. The number of rotatable bonds is 5. The lowest BCUT2D eigenvalue weighted by Gasteiger charge is -2.35. The summed E-state index contributed by atoms with van der Waals surface area (Å²) in [6.45, 7) is 3.95. The van der Waals surface area contributed by atoms with E-state index >= 15 is 0 Å². The maximum absolute atomic E-state index is 12.7. The van der Waals surface area contributed by atoms with Crippen molar-refractivity contribution in [1.82, 2.24) is 14.6 Å². The fraction of sp³-hybridized carbons (Fsp3) is 0.615. The topological polar surface area (TPSA) is 71.5 Å². The average Bonchev–Trinajstić information content (AvgIpc) is 2.48. The molecule has 1 fully saturated rings. The molecule has 120 valence electrons. The third-order valence-electron chi connectivity index (χ3n) is 3.44. The van der Waals surface area contributed by atoms with Gasteiger partial charge in [-0.2, -0.15) is 4.31 Å². The highest BCUT2D eigenvalue weighted by atomic mass is 35.5. The van der Waals surface area contributed by atoms with Crippen molar-refractivity contribution < 1.29 is 13.2 Å². The van der Waals surface area contributed by atoms with Gasteiger partial charge in [0.15, 0.2) is 0 Å². The molecule has 0 amide bonds. The van der Waals surface area contributed by atoms with Crippen molar-refractivity contribution in [3.05, 3.63) is 18.3 Å². The van der Waals surface area contributed by atoms with Crippen molar-refractivity contribution in [3.8, 4) is 5.88 Å². The van der Waals surface area contributed by atoms with Crippen molar-refractivity contribution in [2.24, 2.45) is 0 Å². The SMILES string of the molecule is CCCC1CNCCN1S(=O)(=O)c1ccc(OC)nc1.Cl. The second kappa shape index (κ2) is 7.93. The van der Waals surface area contributed by atoms with Gasteiger partial charge in [0.2, 0.25) is 15.9 Å². The summed E-state index contributed by atoms with van der Waals surface area (Å²) in [7, 11) is -1.98. The third-order valence-corrected chi connectivity index (χ3v) is 5.38. The molecule has 6 nitrogen and oxygen atoms in total. The van der Waals surface area contributed by atoms with Crippen molar-refractivity contribution in [3.63, 3.8) is 0 Å². The lowest BCUT2D eigenvalue weighted by Crippen LogP contribution is -2.53. The van der Waals surface area contributed by atoms with Gasteiger partial charge in [-0.15, -0.1) is 12.4 Å². The molecule has 0 bridgehead atoms. The van der Waals surface area contributed by atoms with Gasteiger partial charge in [-0.1, -0.05) is 13.3 Å². The van der Waals surface area contributed by atoms with E-state index < -0.39 is 10.0 Å². The Morgan fingerprint density at radius 1 is 1.48 bits per heavy atom. The maximum Gasteiger partial charge on any atom is 0.244 e. The van der Waals surface area contributed by atoms with Crippen molar-refractivity contribution in [1.29, 1.82) is 0 Å². The number of sulfonamides is 1. The second-order valence-electron chi connectivity index (χ2n) is 4.80. The zero-order chi connectivity index (χ0) is 14.6. The molecule has 2 heterocycles. The first-order valence-corrected chi connectivity index (χ1v) is 8.26. The molecule has 8 heteroatoms. The van der Waals surface area contributed by atoms with Gasteiger partial charge in [0, 0.05) is 31.7 Å². The van der Waals surface area contributed by atoms with E-state index in [9.17, 15) is 8.42 Å². The predicted octanol–water partition coefficient (Wildman–Crippen LogP) is 1.27. The normalized spacial score (nSPS) is 19.8. The molecule has 0 saturated carbocycles. The Kier molecular flexibility index (Phi) is 6.86. The van der Waals surface area contributed by atoms with E-state index in [4.69, 9.17) is 4.74 Å². The first kappa shape index (κ1) is 18.2.